The minimum Gasteiger partial charge on any atom is -0.481 e. The van der Waals surface area contributed by atoms with E-state index in [2.05, 4.69) is 10.6 Å². The molecule has 0 unspecified atom stereocenters. The molecule has 6 nitrogen and oxygen atoms in total. The van der Waals surface area contributed by atoms with E-state index in [1.165, 1.54) is 6.20 Å². The van der Waals surface area contributed by atoms with E-state index in [0.29, 0.717) is 13.0 Å². The van der Waals surface area contributed by atoms with Gasteiger partial charge in [0.1, 0.15) is 11.6 Å². The van der Waals surface area contributed by atoms with E-state index in [1.54, 1.807) is 6.07 Å². The van der Waals surface area contributed by atoms with Crippen LogP contribution in [0.1, 0.15) is 33.6 Å². The van der Waals surface area contributed by atoms with Gasteiger partial charge in [0.25, 0.3) is 5.91 Å². The van der Waals surface area contributed by atoms with E-state index >= 15 is 0 Å². The normalized spacial score (nSPS) is 11.6. The van der Waals surface area contributed by atoms with Crippen LogP contribution in [0.5, 0.6) is 0 Å². The zero-order valence-corrected chi connectivity index (χ0v) is 10.9. The number of hydrogen-bond acceptors (Lipinski definition) is 4. The van der Waals surface area contributed by atoms with Crippen molar-refractivity contribution in [3.63, 3.8) is 0 Å². The van der Waals surface area contributed by atoms with Crippen molar-refractivity contribution in [1.29, 1.82) is 5.26 Å². The zero-order chi connectivity index (χ0) is 14.2. The van der Waals surface area contributed by atoms with Crippen molar-refractivity contribution >= 4 is 11.9 Å². The van der Waals surface area contributed by atoms with E-state index in [0.717, 1.165) is 0 Å². The molecule has 0 saturated carbocycles. The number of carbonyl (C=O) groups is 2. The standard InChI is InChI=1S/C12H19N3O3/c1-12(2,3)15-11(18)9(7-13)8-14-6-4-5-10(16)17/h8,14H,4-6H2,1-3H3,(H,15,18)(H,16,17)/b9-8-. The van der Waals surface area contributed by atoms with Gasteiger partial charge in [0.05, 0.1) is 0 Å². The SMILES string of the molecule is CC(C)(C)NC(=O)/C(C#N)=C\NCCCC(=O)O. The molecule has 0 aliphatic carbocycles. The zero-order valence-electron chi connectivity index (χ0n) is 10.9. The Bertz CT molecular complexity index is 375. The molecule has 0 aromatic carbocycles. The van der Waals surface area contributed by atoms with Gasteiger partial charge in [-0.1, -0.05) is 0 Å². The average molecular weight is 253 g/mol. The monoisotopic (exact) mass is 253 g/mol. The highest BCUT2D eigenvalue weighted by molar-refractivity contribution is 5.97. The molecule has 1 amide bonds. The van der Waals surface area contributed by atoms with Crippen LogP contribution in [0.3, 0.4) is 0 Å². The lowest BCUT2D eigenvalue weighted by molar-refractivity contribution is -0.137. The van der Waals surface area contributed by atoms with Gasteiger partial charge in [0, 0.05) is 24.7 Å². The quantitative estimate of drug-likeness (QED) is 0.368. The molecule has 0 bridgehead atoms. The predicted octanol–water partition coefficient (Wildman–Crippen LogP) is 0.763. The molecule has 0 rings (SSSR count). The van der Waals surface area contributed by atoms with Gasteiger partial charge in [0.2, 0.25) is 0 Å². The number of carboxylic acid groups (broad SMARTS) is 1. The summed E-state index contributed by atoms with van der Waals surface area (Å²) in [6, 6.07) is 1.79. The summed E-state index contributed by atoms with van der Waals surface area (Å²) in [6.07, 6.45) is 1.80. The van der Waals surface area contributed by atoms with Gasteiger partial charge < -0.3 is 15.7 Å². The first kappa shape index (κ1) is 16.0. The van der Waals surface area contributed by atoms with Crippen LogP contribution in [0.4, 0.5) is 0 Å². The Morgan fingerprint density at radius 2 is 2.00 bits per heavy atom. The highest BCUT2D eigenvalue weighted by Crippen LogP contribution is 2.01. The Labute approximate surface area is 107 Å². The van der Waals surface area contributed by atoms with Crippen molar-refractivity contribution in [2.75, 3.05) is 6.54 Å². The molecule has 18 heavy (non-hydrogen) atoms. The molecule has 100 valence electrons. The third-order valence-electron chi connectivity index (χ3n) is 1.81. The van der Waals surface area contributed by atoms with E-state index < -0.39 is 17.4 Å². The summed E-state index contributed by atoms with van der Waals surface area (Å²) in [5.74, 6) is -1.32. The molecule has 0 atom stereocenters. The minimum absolute atomic E-state index is 0.0275. The number of carbonyl (C=O) groups excluding carboxylic acids is 1. The van der Waals surface area contributed by atoms with Crippen LogP contribution in [-0.4, -0.2) is 29.1 Å². The van der Waals surface area contributed by atoms with Gasteiger partial charge in [-0.3, -0.25) is 9.59 Å². The number of amides is 1. The first-order valence-corrected chi connectivity index (χ1v) is 5.64. The Morgan fingerprint density at radius 3 is 2.44 bits per heavy atom. The number of aliphatic carboxylic acids is 1. The fourth-order valence-corrected chi connectivity index (χ4v) is 1.07. The van der Waals surface area contributed by atoms with Crippen LogP contribution in [-0.2, 0) is 9.59 Å². The molecule has 0 aromatic rings. The summed E-state index contributed by atoms with van der Waals surface area (Å²) >= 11 is 0. The van der Waals surface area contributed by atoms with Gasteiger partial charge in [-0.15, -0.1) is 0 Å². The molecule has 0 aromatic heterocycles. The van der Waals surface area contributed by atoms with Gasteiger partial charge in [0.15, 0.2) is 0 Å². The summed E-state index contributed by atoms with van der Waals surface area (Å²) in [5.41, 5.74) is -0.434. The molecule has 0 saturated heterocycles. The molecule has 0 heterocycles. The molecule has 6 heteroatoms. The average Bonchev–Trinajstić information content (AvgIpc) is 2.20. The number of carboxylic acids is 1. The van der Waals surface area contributed by atoms with Gasteiger partial charge >= 0.3 is 5.97 Å². The first-order valence-electron chi connectivity index (χ1n) is 5.64. The summed E-state index contributed by atoms with van der Waals surface area (Å²) in [4.78, 5) is 21.9. The summed E-state index contributed by atoms with van der Waals surface area (Å²) < 4.78 is 0. The van der Waals surface area contributed by atoms with E-state index in [4.69, 9.17) is 10.4 Å². The van der Waals surface area contributed by atoms with Crippen LogP contribution in [0.15, 0.2) is 11.8 Å². The molecular weight excluding hydrogens is 234 g/mol. The molecule has 0 radical (unpaired) electrons. The van der Waals surface area contributed by atoms with E-state index in [9.17, 15) is 9.59 Å². The summed E-state index contributed by atoms with van der Waals surface area (Å²) in [5, 5.41) is 22.7. The Balaban J connectivity index is 4.21. The Hall–Kier alpha value is -2.03. The molecule has 0 aliphatic heterocycles. The molecule has 0 fully saturated rings. The first-order chi connectivity index (χ1) is 8.26. The number of nitrogens with zero attached hydrogens (tertiary/aromatic N) is 1. The second-order valence-corrected chi connectivity index (χ2v) is 4.83. The summed E-state index contributed by atoms with van der Waals surface area (Å²) in [7, 11) is 0. The minimum atomic E-state index is -0.869. The van der Waals surface area contributed by atoms with Crippen LogP contribution in [0.2, 0.25) is 0 Å². The fourth-order valence-electron chi connectivity index (χ4n) is 1.07. The van der Waals surface area contributed by atoms with E-state index in [1.807, 2.05) is 20.8 Å². The lowest BCUT2D eigenvalue weighted by Gasteiger charge is -2.19. The van der Waals surface area contributed by atoms with Gasteiger partial charge in [-0.2, -0.15) is 5.26 Å². The maximum absolute atomic E-state index is 11.6. The van der Waals surface area contributed by atoms with Crippen LogP contribution in [0.25, 0.3) is 0 Å². The second kappa shape index (κ2) is 7.33. The van der Waals surface area contributed by atoms with Crippen molar-refractivity contribution in [2.24, 2.45) is 0 Å². The number of nitriles is 1. The molecule has 0 spiro atoms. The highest BCUT2D eigenvalue weighted by Gasteiger charge is 2.16. The van der Waals surface area contributed by atoms with Crippen LogP contribution in [0, 0.1) is 11.3 Å². The third-order valence-corrected chi connectivity index (χ3v) is 1.81. The maximum atomic E-state index is 11.6. The summed E-state index contributed by atoms with van der Waals surface area (Å²) in [6.45, 7) is 5.86. The van der Waals surface area contributed by atoms with Crippen LogP contribution >= 0.6 is 0 Å². The second-order valence-electron chi connectivity index (χ2n) is 4.83. The van der Waals surface area contributed by atoms with Crippen molar-refractivity contribution in [1.82, 2.24) is 10.6 Å². The van der Waals surface area contributed by atoms with Crippen molar-refractivity contribution in [3.05, 3.63) is 11.8 Å². The van der Waals surface area contributed by atoms with Crippen LogP contribution < -0.4 is 10.6 Å². The van der Waals surface area contributed by atoms with Gasteiger partial charge in [-0.25, -0.2) is 0 Å². The number of hydrogen-bond donors (Lipinski definition) is 3. The Kier molecular flexibility index (Phi) is 6.50. The van der Waals surface area contributed by atoms with Crippen molar-refractivity contribution in [2.45, 2.75) is 39.2 Å². The third kappa shape index (κ3) is 8.16. The van der Waals surface area contributed by atoms with Crippen molar-refractivity contribution < 1.29 is 14.7 Å². The predicted molar refractivity (Wildman–Crippen MR) is 66.5 cm³/mol. The van der Waals surface area contributed by atoms with Crippen molar-refractivity contribution in [3.8, 4) is 6.07 Å². The van der Waals surface area contributed by atoms with E-state index in [-0.39, 0.29) is 12.0 Å². The topological polar surface area (TPSA) is 102 Å². The lowest BCUT2D eigenvalue weighted by Crippen LogP contribution is -2.41. The largest absolute Gasteiger partial charge is 0.481 e. The highest BCUT2D eigenvalue weighted by atomic mass is 16.4. The molecule has 0 aliphatic rings. The molecular formula is C12H19N3O3. The van der Waals surface area contributed by atoms with Gasteiger partial charge in [-0.05, 0) is 27.2 Å². The lowest BCUT2D eigenvalue weighted by atomic mass is 10.1. The number of rotatable bonds is 6. The Morgan fingerprint density at radius 1 is 1.39 bits per heavy atom. The molecule has 3 N–H and O–H groups in total. The fraction of sp³-hybridized carbons (Fsp3) is 0.583. The smallest absolute Gasteiger partial charge is 0.303 e. The number of nitrogens with one attached hydrogen (secondary N) is 2. The maximum Gasteiger partial charge on any atom is 0.303 e.